The van der Waals surface area contributed by atoms with Gasteiger partial charge in [-0.2, -0.15) is 0 Å². The monoisotopic (exact) mass is 222 g/mol. The Labute approximate surface area is 95.8 Å². The molecule has 1 rings (SSSR count). The van der Waals surface area contributed by atoms with E-state index >= 15 is 0 Å². The van der Waals surface area contributed by atoms with Crippen molar-refractivity contribution in [3.05, 3.63) is 35.4 Å². The summed E-state index contributed by atoms with van der Waals surface area (Å²) in [6.45, 7) is 3.13. The molecule has 0 saturated heterocycles. The summed E-state index contributed by atoms with van der Waals surface area (Å²) in [6, 6.07) is 7.29. The third-order valence-corrected chi connectivity index (χ3v) is 2.31. The average molecular weight is 222 g/mol. The van der Waals surface area contributed by atoms with E-state index in [-0.39, 0.29) is 5.91 Å². The average Bonchev–Trinajstić information content (AvgIpc) is 2.24. The summed E-state index contributed by atoms with van der Waals surface area (Å²) >= 11 is 0. The lowest BCUT2D eigenvalue weighted by Gasteiger charge is -2.15. The van der Waals surface area contributed by atoms with Crippen molar-refractivity contribution >= 4 is 5.91 Å². The van der Waals surface area contributed by atoms with Gasteiger partial charge in [-0.05, 0) is 12.5 Å². The lowest BCUT2D eigenvalue weighted by molar-refractivity contribution is -0.120. The Hall–Kier alpha value is -1.39. The molecule has 1 unspecified atom stereocenters. The SMILES string of the molecule is COCCNC(C(N)=O)c1cccc(C)c1. The van der Waals surface area contributed by atoms with E-state index in [0.29, 0.717) is 13.2 Å². The van der Waals surface area contributed by atoms with Crippen LogP contribution in [0.25, 0.3) is 0 Å². The molecule has 0 aromatic heterocycles. The van der Waals surface area contributed by atoms with Crippen molar-refractivity contribution in [3.63, 3.8) is 0 Å². The molecule has 0 saturated carbocycles. The van der Waals surface area contributed by atoms with Crippen LogP contribution in [0.3, 0.4) is 0 Å². The van der Waals surface area contributed by atoms with E-state index < -0.39 is 6.04 Å². The van der Waals surface area contributed by atoms with Gasteiger partial charge in [-0.25, -0.2) is 0 Å². The molecule has 1 aromatic carbocycles. The van der Waals surface area contributed by atoms with E-state index in [0.717, 1.165) is 11.1 Å². The number of ether oxygens (including phenoxy) is 1. The predicted molar refractivity (Wildman–Crippen MR) is 63.0 cm³/mol. The topological polar surface area (TPSA) is 64.3 Å². The van der Waals surface area contributed by atoms with Crippen LogP contribution in [0, 0.1) is 6.92 Å². The van der Waals surface area contributed by atoms with Crippen LogP contribution in [0.4, 0.5) is 0 Å². The van der Waals surface area contributed by atoms with Gasteiger partial charge in [0.15, 0.2) is 0 Å². The van der Waals surface area contributed by atoms with Gasteiger partial charge in [0.2, 0.25) is 5.91 Å². The lowest BCUT2D eigenvalue weighted by Crippen LogP contribution is -2.35. The number of methoxy groups -OCH3 is 1. The molecule has 0 aliphatic carbocycles. The number of nitrogens with one attached hydrogen (secondary N) is 1. The Morgan fingerprint density at radius 3 is 2.88 bits per heavy atom. The predicted octanol–water partition coefficient (Wildman–Crippen LogP) is 0.757. The molecule has 4 nitrogen and oxygen atoms in total. The zero-order valence-electron chi connectivity index (χ0n) is 9.69. The largest absolute Gasteiger partial charge is 0.383 e. The molecule has 0 spiro atoms. The summed E-state index contributed by atoms with van der Waals surface area (Å²) in [5, 5.41) is 3.06. The van der Waals surface area contributed by atoms with E-state index in [1.54, 1.807) is 7.11 Å². The molecule has 4 heteroatoms. The van der Waals surface area contributed by atoms with E-state index in [9.17, 15) is 4.79 Å². The number of nitrogens with two attached hydrogens (primary N) is 1. The molecule has 0 aliphatic rings. The van der Waals surface area contributed by atoms with Gasteiger partial charge in [0.1, 0.15) is 6.04 Å². The molecule has 88 valence electrons. The van der Waals surface area contributed by atoms with Crippen LogP contribution in [0.1, 0.15) is 17.2 Å². The number of hydrogen-bond donors (Lipinski definition) is 2. The first-order valence-electron chi connectivity index (χ1n) is 5.23. The van der Waals surface area contributed by atoms with Gasteiger partial charge >= 0.3 is 0 Å². The smallest absolute Gasteiger partial charge is 0.239 e. The number of rotatable bonds is 6. The van der Waals surface area contributed by atoms with Gasteiger partial charge in [-0.3, -0.25) is 10.1 Å². The molecule has 0 fully saturated rings. The van der Waals surface area contributed by atoms with Gasteiger partial charge in [-0.15, -0.1) is 0 Å². The minimum atomic E-state index is -0.449. The second-order valence-electron chi connectivity index (χ2n) is 3.70. The molecule has 1 atom stereocenters. The fourth-order valence-electron chi connectivity index (χ4n) is 1.54. The number of carbonyl (C=O) groups is 1. The van der Waals surface area contributed by atoms with Crippen molar-refractivity contribution < 1.29 is 9.53 Å². The standard InChI is InChI=1S/C12H18N2O2/c1-9-4-3-5-10(8-9)11(12(13)15)14-6-7-16-2/h3-5,8,11,14H,6-7H2,1-2H3,(H2,13,15). The molecular formula is C12H18N2O2. The second kappa shape index (κ2) is 6.25. The van der Waals surface area contributed by atoms with Crippen LogP contribution in [0.2, 0.25) is 0 Å². The van der Waals surface area contributed by atoms with E-state index in [4.69, 9.17) is 10.5 Å². The molecular weight excluding hydrogens is 204 g/mol. The number of carbonyl (C=O) groups excluding carboxylic acids is 1. The van der Waals surface area contributed by atoms with Crippen molar-refractivity contribution in [1.29, 1.82) is 0 Å². The van der Waals surface area contributed by atoms with E-state index in [1.807, 2.05) is 31.2 Å². The molecule has 16 heavy (non-hydrogen) atoms. The van der Waals surface area contributed by atoms with Crippen LogP contribution in [0.5, 0.6) is 0 Å². The third kappa shape index (κ3) is 3.64. The fourth-order valence-corrected chi connectivity index (χ4v) is 1.54. The van der Waals surface area contributed by atoms with Gasteiger partial charge in [0.25, 0.3) is 0 Å². The highest BCUT2D eigenvalue weighted by molar-refractivity contribution is 5.81. The quantitative estimate of drug-likeness (QED) is 0.698. The lowest BCUT2D eigenvalue weighted by atomic mass is 10.0. The van der Waals surface area contributed by atoms with E-state index in [2.05, 4.69) is 5.32 Å². The summed E-state index contributed by atoms with van der Waals surface area (Å²) in [7, 11) is 1.62. The molecule has 0 aliphatic heterocycles. The summed E-state index contributed by atoms with van der Waals surface area (Å²) < 4.78 is 4.92. The number of aryl methyl sites for hydroxylation is 1. The fraction of sp³-hybridized carbons (Fsp3) is 0.417. The number of primary amides is 1. The summed E-state index contributed by atoms with van der Waals surface area (Å²) in [4.78, 5) is 11.3. The normalized spacial score (nSPS) is 12.4. The second-order valence-corrected chi connectivity index (χ2v) is 3.70. The van der Waals surface area contributed by atoms with Crippen LogP contribution in [0.15, 0.2) is 24.3 Å². The molecule has 1 amide bonds. The Morgan fingerprint density at radius 1 is 1.56 bits per heavy atom. The summed E-state index contributed by atoms with van der Waals surface area (Å²) in [6.07, 6.45) is 0. The first-order valence-corrected chi connectivity index (χ1v) is 5.23. The van der Waals surface area contributed by atoms with Gasteiger partial charge in [0.05, 0.1) is 6.61 Å². The van der Waals surface area contributed by atoms with Gasteiger partial charge < -0.3 is 10.5 Å². The van der Waals surface area contributed by atoms with Crippen LogP contribution in [-0.4, -0.2) is 26.2 Å². The first kappa shape index (κ1) is 12.7. The van der Waals surface area contributed by atoms with Crippen LogP contribution < -0.4 is 11.1 Å². The maximum absolute atomic E-state index is 11.3. The highest BCUT2D eigenvalue weighted by atomic mass is 16.5. The maximum Gasteiger partial charge on any atom is 0.239 e. The third-order valence-electron chi connectivity index (χ3n) is 2.31. The first-order chi connectivity index (χ1) is 7.65. The molecule has 3 N–H and O–H groups in total. The number of benzene rings is 1. The highest BCUT2D eigenvalue weighted by Gasteiger charge is 2.16. The highest BCUT2D eigenvalue weighted by Crippen LogP contribution is 2.13. The Morgan fingerprint density at radius 2 is 2.31 bits per heavy atom. The Balaban J connectivity index is 2.73. The van der Waals surface area contributed by atoms with E-state index in [1.165, 1.54) is 0 Å². The maximum atomic E-state index is 11.3. The Bertz CT molecular complexity index is 353. The van der Waals surface area contributed by atoms with Crippen molar-refractivity contribution in [2.75, 3.05) is 20.3 Å². The number of hydrogen-bond acceptors (Lipinski definition) is 3. The molecule has 1 aromatic rings. The van der Waals surface area contributed by atoms with Crippen molar-refractivity contribution in [3.8, 4) is 0 Å². The molecule has 0 radical (unpaired) electrons. The van der Waals surface area contributed by atoms with Gasteiger partial charge in [0, 0.05) is 13.7 Å². The Kier molecular flexibility index (Phi) is 4.95. The zero-order valence-corrected chi connectivity index (χ0v) is 9.69. The van der Waals surface area contributed by atoms with Gasteiger partial charge in [-0.1, -0.05) is 29.8 Å². The van der Waals surface area contributed by atoms with Crippen molar-refractivity contribution in [2.24, 2.45) is 5.73 Å². The van der Waals surface area contributed by atoms with Crippen molar-refractivity contribution in [1.82, 2.24) is 5.32 Å². The van der Waals surface area contributed by atoms with Crippen LogP contribution in [-0.2, 0) is 9.53 Å². The summed E-state index contributed by atoms with van der Waals surface area (Å²) in [5.74, 6) is -0.373. The minimum Gasteiger partial charge on any atom is -0.383 e. The molecule has 0 bridgehead atoms. The number of amides is 1. The molecule has 0 heterocycles. The zero-order chi connectivity index (χ0) is 12.0. The van der Waals surface area contributed by atoms with Crippen molar-refractivity contribution in [2.45, 2.75) is 13.0 Å². The van der Waals surface area contributed by atoms with Crippen LogP contribution >= 0.6 is 0 Å². The minimum absolute atomic E-state index is 0.373. The summed E-state index contributed by atoms with van der Waals surface area (Å²) in [5.41, 5.74) is 7.36.